The van der Waals surface area contributed by atoms with Gasteiger partial charge in [-0.25, -0.2) is 5.48 Å². The van der Waals surface area contributed by atoms with E-state index in [0.29, 0.717) is 0 Å². The summed E-state index contributed by atoms with van der Waals surface area (Å²) in [7, 11) is 0. The molecule has 1 rings (SSSR count). The molecular formula is CH2N3O. The zero-order chi connectivity index (χ0) is 3.54. The van der Waals surface area contributed by atoms with E-state index in [1.54, 1.807) is 0 Å². The summed E-state index contributed by atoms with van der Waals surface area (Å²) < 4.78 is 0. The maximum Gasteiger partial charge on any atom is 0.140 e. The SMILES string of the molecule is C1=N[N]ON1. The third-order valence-corrected chi connectivity index (χ3v) is 0.251. The first-order valence-corrected chi connectivity index (χ1v) is 1.13. The molecule has 1 N–H and O–H groups in total. The lowest BCUT2D eigenvalue weighted by molar-refractivity contribution is 0.0156. The van der Waals surface area contributed by atoms with Crippen LogP contribution in [0.25, 0.3) is 0 Å². The van der Waals surface area contributed by atoms with Crippen LogP contribution in [-0.2, 0) is 4.94 Å². The first-order chi connectivity index (χ1) is 2.50. The molecule has 1 heterocycles. The molecule has 0 aromatic heterocycles. The quantitative estimate of drug-likeness (QED) is 0.398. The van der Waals surface area contributed by atoms with Crippen LogP contribution in [0, 0.1) is 0 Å². The van der Waals surface area contributed by atoms with Crippen LogP contribution in [0.1, 0.15) is 0 Å². The average molecular weight is 72.0 g/mol. The Bertz CT molecular complexity index is 44.9. The van der Waals surface area contributed by atoms with Crippen molar-refractivity contribution in [3.63, 3.8) is 0 Å². The number of nitrogens with one attached hydrogen (secondary N) is 1. The lowest BCUT2D eigenvalue weighted by atomic mass is 11.4. The molecule has 0 fully saturated rings. The van der Waals surface area contributed by atoms with Crippen LogP contribution >= 0.6 is 0 Å². The molecule has 0 unspecified atom stereocenters. The minimum absolute atomic E-state index is 1.35. The van der Waals surface area contributed by atoms with Gasteiger partial charge in [0.15, 0.2) is 0 Å². The van der Waals surface area contributed by atoms with Gasteiger partial charge in [-0.1, -0.05) is 0 Å². The molecule has 1 aliphatic rings. The summed E-state index contributed by atoms with van der Waals surface area (Å²) >= 11 is 0. The summed E-state index contributed by atoms with van der Waals surface area (Å²) in [6.45, 7) is 0. The Morgan fingerprint density at radius 1 is 1.80 bits per heavy atom. The second kappa shape index (κ2) is 0.898. The van der Waals surface area contributed by atoms with Gasteiger partial charge in [0.2, 0.25) is 0 Å². The molecule has 0 spiro atoms. The summed E-state index contributed by atoms with van der Waals surface area (Å²) in [5.41, 5.74) is 5.31. The van der Waals surface area contributed by atoms with Crippen molar-refractivity contribution >= 4 is 6.34 Å². The van der Waals surface area contributed by atoms with E-state index in [4.69, 9.17) is 0 Å². The van der Waals surface area contributed by atoms with E-state index in [1.807, 2.05) is 0 Å². The maximum atomic E-state index is 4.10. The Morgan fingerprint density at radius 2 is 2.80 bits per heavy atom. The van der Waals surface area contributed by atoms with E-state index < -0.39 is 0 Å². The number of hydroxylamine groups is 1. The van der Waals surface area contributed by atoms with Crippen molar-refractivity contribution in [2.45, 2.75) is 0 Å². The minimum atomic E-state index is 1.35. The average Bonchev–Trinajstić information content (AvgIpc) is 1.76. The predicted molar refractivity (Wildman–Crippen MR) is 14.8 cm³/mol. The molecule has 27 valence electrons. The highest BCUT2D eigenvalue weighted by Gasteiger charge is 1.83. The van der Waals surface area contributed by atoms with Gasteiger partial charge in [0.1, 0.15) is 6.34 Å². The Labute approximate surface area is 28.7 Å². The van der Waals surface area contributed by atoms with Gasteiger partial charge in [-0.15, -0.1) is 10.0 Å². The molecule has 1 aliphatic heterocycles. The molecule has 4 heteroatoms. The smallest absolute Gasteiger partial charge is 0.140 e. The van der Waals surface area contributed by atoms with Crippen LogP contribution in [0.15, 0.2) is 5.10 Å². The molecule has 0 saturated carbocycles. The zero-order valence-electron chi connectivity index (χ0n) is 2.38. The molecule has 0 atom stereocenters. The number of nitrogens with zero attached hydrogens (tertiary/aromatic N) is 2. The van der Waals surface area contributed by atoms with Crippen LogP contribution in [0.3, 0.4) is 0 Å². The Morgan fingerprint density at radius 3 is 3.00 bits per heavy atom. The normalized spacial score (nSPS) is 17.6. The van der Waals surface area contributed by atoms with Crippen molar-refractivity contribution < 1.29 is 4.94 Å². The summed E-state index contributed by atoms with van der Waals surface area (Å²) in [5.74, 6) is 0. The lowest BCUT2D eigenvalue weighted by Crippen LogP contribution is -2.04. The molecule has 0 aromatic rings. The van der Waals surface area contributed by atoms with E-state index in [9.17, 15) is 0 Å². The molecule has 0 saturated heterocycles. The fourth-order valence-electron chi connectivity index (χ4n) is 0.118. The third kappa shape index (κ3) is 0.273. The Balaban J connectivity index is 2.32. The molecule has 4 nitrogen and oxygen atoms in total. The topological polar surface area (TPSA) is 47.7 Å². The van der Waals surface area contributed by atoms with E-state index in [2.05, 4.69) is 21.1 Å². The first kappa shape index (κ1) is 2.47. The van der Waals surface area contributed by atoms with Gasteiger partial charge in [0.05, 0.1) is 0 Å². The van der Waals surface area contributed by atoms with Crippen LogP contribution in [0.2, 0.25) is 0 Å². The van der Waals surface area contributed by atoms with Gasteiger partial charge in [-0.3, -0.25) is 0 Å². The van der Waals surface area contributed by atoms with E-state index in [0.717, 1.165) is 0 Å². The minimum Gasteiger partial charge on any atom is -0.225 e. The van der Waals surface area contributed by atoms with E-state index in [-0.39, 0.29) is 0 Å². The van der Waals surface area contributed by atoms with Crippen molar-refractivity contribution in [3.8, 4) is 0 Å². The maximum absolute atomic E-state index is 4.10. The van der Waals surface area contributed by atoms with E-state index in [1.165, 1.54) is 6.34 Å². The van der Waals surface area contributed by atoms with Crippen LogP contribution in [0.4, 0.5) is 0 Å². The summed E-state index contributed by atoms with van der Waals surface area (Å²) in [6, 6.07) is 0. The van der Waals surface area contributed by atoms with Gasteiger partial charge in [0, 0.05) is 5.59 Å². The highest BCUT2D eigenvalue weighted by atomic mass is 16.8. The first-order valence-electron chi connectivity index (χ1n) is 1.13. The molecule has 0 bridgehead atoms. The number of rotatable bonds is 0. The summed E-state index contributed by atoms with van der Waals surface area (Å²) in [5, 5.41) is 3.25. The number of hydrogen-bond acceptors (Lipinski definition) is 3. The molecule has 5 heavy (non-hydrogen) atoms. The zero-order valence-corrected chi connectivity index (χ0v) is 2.38. The number of hydrogen-bond donors (Lipinski definition) is 1. The molecule has 0 aromatic carbocycles. The summed E-state index contributed by atoms with van der Waals surface area (Å²) in [4.78, 5) is 4.10. The van der Waals surface area contributed by atoms with Crippen LogP contribution < -0.4 is 11.1 Å². The van der Waals surface area contributed by atoms with E-state index >= 15 is 0 Å². The Hall–Kier alpha value is -0.770. The molecule has 1 radical (unpaired) electrons. The second-order valence-corrected chi connectivity index (χ2v) is 0.535. The van der Waals surface area contributed by atoms with Gasteiger partial charge < -0.3 is 0 Å². The lowest BCUT2D eigenvalue weighted by Gasteiger charge is -1.75. The van der Waals surface area contributed by atoms with Gasteiger partial charge in [-0.2, -0.15) is 0 Å². The van der Waals surface area contributed by atoms with Gasteiger partial charge in [0.25, 0.3) is 0 Å². The molecule has 0 amide bonds. The van der Waals surface area contributed by atoms with Crippen molar-refractivity contribution in [2.75, 3.05) is 0 Å². The third-order valence-electron chi connectivity index (χ3n) is 0.251. The predicted octanol–water partition coefficient (Wildman–Crippen LogP) is -1.02. The molecule has 0 aliphatic carbocycles. The summed E-state index contributed by atoms with van der Waals surface area (Å²) in [6.07, 6.45) is 1.35. The largest absolute Gasteiger partial charge is 0.225 e. The van der Waals surface area contributed by atoms with Crippen molar-refractivity contribution in [3.05, 3.63) is 0 Å². The van der Waals surface area contributed by atoms with Crippen molar-refractivity contribution in [1.82, 2.24) is 11.1 Å². The van der Waals surface area contributed by atoms with Crippen molar-refractivity contribution in [1.29, 1.82) is 0 Å². The van der Waals surface area contributed by atoms with Crippen molar-refractivity contribution in [2.24, 2.45) is 5.10 Å². The second-order valence-electron chi connectivity index (χ2n) is 0.535. The van der Waals surface area contributed by atoms with Gasteiger partial charge in [-0.05, 0) is 0 Å². The fraction of sp³-hybridized carbons (Fsp3) is 0. The van der Waals surface area contributed by atoms with Crippen LogP contribution in [-0.4, -0.2) is 6.34 Å². The fourth-order valence-corrected chi connectivity index (χ4v) is 0.118. The highest BCUT2D eigenvalue weighted by Crippen LogP contribution is 1.64. The van der Waals surface area contributed by atoms with Gasteiger partial charge >= 0.3 is 0 Å². The molecular weight excluding hydrogens is 70.0 g/mol. The Kier molecular flexibility index (Phi) is 0.443. The standard InChI is InChI=1S/CH2N3O/c1-2-4-5-3-1/h1H,(H,2,3). The van der Waals surface area contributed by atoms with Crippen LogP contribution in [0.5, 0.6) is 0 Å². The highest BCUT2D eigenvalue weighted by molar-refractivity contribution is 5.52. The monoisotopic (exact) mass is 72.0 g/mol.